The first-order chi connectivity index (χ1) is 9.89. The number of hydrogen-bond acceptors (Lipinski definition) is 4. The Hall–Kier alpha value is -0.875. The third kappa shape index (κ3) is 2.88. The van der Waals surface area contributed by atoms with E-state index < -0.39 is 0 Å². The van der Waals surface area contributed by atoms with Gasteiger partial charge in [0, 0.05) is 5.92 Å². The van der Waals surface area contributed by atoms with Gasteiger partial charge in [-0.15, -0.1) is 0 Å². The Bertz CT molecular complexity index is 476. The maximum Gasteiger partial charge on any atom is 0.494 e. The molecule has 114 valence electrons. The van der Waals surface area contributed by atoms with Crippen LogP contribution in [0.4, 0.5) is 0 Å². The van der Waals surface area contributed by atoms with Gasteiger partial charge < -0.3 is 18.8 Å². The van der Waals surface area contributed by atoms with Crippen LogP contribution < -0.4 is 5.46 Å². The van der Waals surface area contributed by atoms with Gasteiger partial charge in [-0.3, -0.25) is 0 Å². The summed E-state index contributed by atoms with van der Waals surface area (Å²) in [7, 11) is -0.303. The van der Waals surface area contributed by atoms with Gasteiger partial charge in [-0.1, -0.05) is 24.3 Å². The Kier molecular flexibility index (Phi) is 3.86. The Morgan fingerprint density at radius 3 is 1.95 bits per heavy atom. The van der Waals surface area contributed by atoms with Crippen molar-refractivity contribution in [3.8, 4) is 0 Å². The van der Waals surface area contributed by atoms with Crippen molar-refractivity contribution < 1.29 is 18.8 Å². The highest BCUT2D eigenvalue weighted by atomic mass is 16.7. The second kappa shape index (κ2) is 5.40. The molecule has 0 aromatic heterocycles. The Balaban J connectivity index is 1.73. The van der Waals surface area contributed by atoms with Crippen LogP contribution in [-0.2, 0) is 18.8 Å². The van der Waals surface area contributed by atoms with E-state index in [0.29, 0.717) is 12.7 Å². The van der Waals surface area contributed by atoms with Gasteiger partial charge in [0.2, 0.25) is 0 Å². The molecule has 0 atom stereocenters. The van der Waals surface area contributed by atoms with E-state index in [0.717, 1.165) is 18.7 Å². The van der Waals surface area contributed by atoms with Crippen molar-refractivity contribution in [3.05, 3.63) is 29.8 Å². The van der Waals surface area contributed by atoms with Crippen LogP contribution in [-0.4, -0.2) is 38.3 Å². The van der Waals surface area contributed by atoms with E-state index in [-0.39, 0.29) is 18.3 Å². The molecule has 2 heterocycles. The fourth-order valence-corrected chi connectivity index (χ4v) is 2.58. The number of benzene rings is 1. The molecule has 1 aromatic carbocycles. The molecule has 0 unspecified atom stereocenters. The van der Waals surface area contributed by atoms with Crippen LogP contribution in [0.5, 0.6) is 0 Å². The molecular weight excluding hydrogens is 267 g/mol. The summed E-state index contributed by atoms with van der Waals surface area (Å²) in [6.07, 6.45) is 0. The van der Waals surface area contributed by atoms with Gasteiger partial charge in [-0.25, -0.2) is 0 Å². The fourth-order valence-electron chi connectivity index (χ4n) is 2.58. The van der Waals surface area contributed by atoms with Crippen molar-refractivity contribution in [1.82, 2.24) is 0 Å². The molecule has 0 N–H and O–H groups in total. The van der Waals surface area contributed by atoms with Gasteiger partial charge in [0.15, 0.2) is 0 Å². The predicted octanol–water partition coefficient (Wildman–Crippen LogP) is 2.07. The zero-order valence-electron chi connectivity index (χ0n) is 13.2. The van der Waals surface area contributed by atoms with Crippen LogP contribution >= 0.6 is 0 Å². The normalized spacial score (nSPS) is 25.2. The lowest BCUT2D eigenvalue weighted by Crippen LogP contribution is -2.41. The molecule has 0 amide bonds. The van der Waals surface area contributed by atoms with Gasteiger partial charge in [0.05, 0.1) is 24.4 Å². The number of rotatable bonds is 2. The van der Waals surface area contributed by atoms with Crippen LogP contribution in [0.25, 0.3) is 0 Å². The van der Waals surface area contributed by atoms with Gasteiger partial charge in [0.1, 0.15) is 6.79 Å². The summed E-state index contributed by atoms with van der Waals surface area (Å²) in [4.78, 5) is 0. The van der Waals surface area contributed by atoms with Crippen LogP contribution in [0.1, 0.15) is 39.2 Å². The molecule has 5 heteroatoms. The van der Waals surface area contributed by atoms with E-state index in [2.05, 4.69) is 52.0 Å². The Morgan fingerprint density at radius 1 is 0.905 bits per heavy atom. The van der Waals surface area contributed by atoms with Crippen molar-refractivity contribution in [1.29, 1.82) is 0 Å². The van der Waals surface area contributed by atoms with Crippen LogP contribution in [0.15, 0.2) is 24.3 Å². The molecular formula is C16H23BO4. The smallest absolute Gasteiger partial charge is 0.399 e. The molecule has 0 saturated carbocycles. The minimum Gasteiger partial charge on any atom is -0.399 e. The first-order valence-corrected chi connectivity index (χ1v) is 7.50. The number of hydrogen-bond donors (Lipinski definition) is 0. The van der Waals surface area contributed by atoms with Crippen LogP contribution in [0, 0.1) is 0 Å². The standard InChI is InChI=1S/C16H23BO4/c1-15(2)16(3,4)21-17(20-15)14-7-5-12(6-8-14)13-9-18-11-19-10-13/h5-8,13H,9-11H2,1-4H3. The third-order valence-corrected chi connectivity index (χ3v) is 4.74. The molecule has 4 nitrogen and oxygen atoms in total. The van der Waals surface area contributed by atoms with Crippen molar-refractivity contribution in [3.63, 3.8) is 0 Å². The minimum atomic E-state index is -0.304. The van der Waals surface area contributed by atoms with Crippen LogP contribution in [0.3, 0.4) is 0 Å². The van der Waals surface area contributed by atoms with E-state index >= 15 is 0 Å². The molecule has 0 bridgehead atoms. The van der Waals surface area contributed by atoms with Gasteiger partial charge >= 0.3 is 7.12 Å². The first kappa shape index (κ1) is 15.0. The fraction of sp³-hybridized carbons (Fsp3) is 0.625. The van der Waals surface area contributed by atoms with Gasteiger partial charge in [-0.05, 0) is 38.7 Å². The summed E-state index contributed by atoms with van der Waals surface area (Å²) < 4.78 is 22.8. The second-order valence-electron chi connectivity index (χ2n) is 6.81. The lowest BCUT2D eigenvalue weighted by molar-refractivity contribution is -0.108. The molecule has 0 aliphatic carbocycles. The molecule has 1 aromatic rings. The van der Waals surface area contributed by atoms with E-state index in [1.807, 2.05) is 0 Å². The third-order valence-electron chi connectivity index (χ3n) is 4.74. The summed E-state index contributed by atoms with van der Waals surface area (Å²) in [5.74, 6) is 0.311. The quantitative estimate of drug-likeness (QED) is 0.781. The summed E-state index contributed by atoms with van der Waals surface area (Å²) in [6.45, 7) is 10.1. The average molecular weight is 290 g/mol. The molecule has 0 radical (unpaired) electrons. The highest BCUT2D eigenvalue weighted by Crippen LogP contribution is 2.36. The zero-order valence-corrected chi connectivity index (χ0v) is 13.2. The van der Waals surface area contributed by atoms with Crippen LogP contribution in [0.2, 0.25) is 0 Å². The maximum absolute atomic E-state index is 6.06. The highest BCUT2D eigenvalue weighted by Gasteiger charge is 2.51. The number of ether oxygens (including phenoxy) is 2. The Morgan fingerprint density at radius 2 is 1.43 bits per heavy atom. The van der Waals surface area contributed by atoms with Crippen molar-refractivity contribution in [2.45, 2.75) is 44.8 Å². The van der Waals surface area contributed by atoms with E-state index in [4.69, 9.17) is 18.8 Å². The lowest BCUT2D eigenvalue weighted by Gasteiger charge is -2.32. The minimum absolute atomic E-state index is 0.303. The highest BCUT2D eigenvalue weighted by molar-refractivity contribution is 6.62. The first-order valence-electron chi connectivity index (χ1n) is 7.50. The SMILES string of the molecule is CC1(C)OB(c2ccc(C3COCOC3)cc2)OC1(C)C. The largest absolute Gasteiger partial charge is 0.494 e. The summed E-state index contributed by atoms with van der Waals surface area (Å²) in [5.41, 5.74) is 1.67. The topological polar surface area (TPSA) is 36.9 Å². The molecule has 0 spiro atoms. The monoisotopic (exact) mass is 290 g/mol. The second-order valence-corrected chi connectivity index (χ2v) is 6.81. The summed E-state index contributed by atoms with van der Waals surface area (Å²) in [5, 5.41) is 0. The molecule has 21 heavy (non-hydrogen) atoms. The summed E-state index contributed by atoms with van der Waals surface area (Å²) in [6, 6.07) is 8.38. The summed E-state index contributed by atoms with van der Waals surface area (Å²) >= 11 is 0. The van der Waals surface area contributed by atoms with Crippen molar-refractivity contribution >= 4 is 12.6 Å². The van der Waals surface area contributed by atoms with E-state index in [1.54, 1.807) is 0 Å². The predicted molar refractivity (Wildman–Crippen MR) is 81.7 cm³/mol. The molecule has 2 aliphatic heterocycles. The zero-order chi connectivity index (χ0) is 15.1. The maximum atomic E-state index is 6.06. The van der Waals surface area contributed by atoms with Gasteiger partial charge in [-0.2, -0.15) is 0 Å². The average Bonchev–Trinajstić information content (AvgIpc) is 2.69. The molecule has 2 saturated heterocycles. The van der Waals surface area contributed by atoms with E-state index in [1.165, 1.54) is 5.56 Å². The Labute approximate surface area is 126 Å². The van der Waals surface area contributed by atoms with Gasteiger partial charge in [0.25, 0.3) is 0 Å². The molecule has 2 fully saturated rings. The van der Waals surface area contributed by atoms with Crippen molar-refractivity contribution in [2.75, 3.05) is 20.0 Å². The molecule has 3 rings (SSSR count). The van der Waals surface area contributed by atoms with Crippen molar-refractivity contribution in [2.24, 2.45) is 0 Å². The lowest BCUT2D eigenvalue weighted by atomic mass is 9.78. The molecule has 2 aliphatic rings. The van der Waals surface area contributed by atoms with E-state index in [9.17, 15) is 0 Å².